The van der Waals surface area contributed by atoms with Gasteiger partial charge >= 0.3 is 5.97 Å². The van der Waals surface area contributed by atoms with Crippen LogP contribution < -0.4 is 11.3 Å². The second-order valence-corrected chi connectivity index (χ2v) is 5.41. The Kier molecular flexibility index (Phi) is 5.15. The van der Waals surface area contributed by atoms with E-state index < -0.39 is 11.5 Å². The minimum Gasteiger partial charge on any atom is -0.504 e. The monoisotopic (exact) mass is 317 g/mol. The molecule has 1 atom stereocenters. The molecule has 1 heterocycles. The quantitative estimate of drug-likeness (QED) is 0.272. The number of ether oxygens (including phenoxy) is 1. The third-order valence-electron chi connectivity index (χ3n) is 3.46. The molecular weight excluding hydrogens is 298 g/mol. The molecule has 122 valence electrons. The normalized spacial score (nSPS) is 13.3. The number of aromatic hydroxyl groups is 2. The fourth-order valence-electron chi connectivity index (χ4n) is 2.06. The number of aromatic nitrogens is 1. The minimum atomic E-state index is -1.17. The van der Waals surface area contributed by atoms with Gasteiger partial charge in [-0.05, 0) is 30.7 Å². The van der Waals surface area contributed by atoms with E-state index in [2.05, 4.69) is 10.4 Å². The lowest BCUT2D eigenvalue weighted by atomic mass is 9.93. The van der Waals surface area contributed by atoms with E-state index in [1.54, 1.807) is 37.5 Å². The Balaban J connectivity index is 2.06. The van der Waals surface area contributed by atoms with Gasteiger partial charge in [0.05, 0.1) is 0 Å². The summed E-state index contributed by atoms with van der Waals surface area (Å²) in [5, 5.41) is 18.9. The van der Waals surface area contributed by atoms with Crippen LogP contribution in [0.5, 0.6) is 11.5 Å². The van der Waals surface area contributed by atoms with E-state index >= 15 is 0 Å². The average Bonchev–Trinajstić information content (AvgIpc) is 2.56. The van der Waals surface area contributed by atoms with Crippen LogP contribution in [-0.2, 0) is 22.6 Å². The molecule has 0 saturated carbocycles. The Morgan fingerprint density at radius 3 is 2.70 bits per heavy atom. The number of nitrogens with zero attached hydrogens (tertiary/aromatic N) is 1. The van der Waals surface area contributed by atoms with E-state index in [4.69, 9.17) is 10.6 Å². The zero-order valence-electron chi connectivity index (χ0n) is 12.7. The van der Waals surface area contributed by atoms with Crippen molar-refractivity contribution >= 4 is 5.97 Å². The molecule has 5 N–H and O–H groups in total. The van der Waals surface area contributed by atoms with Crippen LogP contribution >= 0.6 is 0 Å². The van der Waals surface area contributed by atoms with Crippen LogP contribution in [0.25, 0.3) is 0 Å². The molecule has 0 radical (unpaired) electrons. The topological polar surface area (TPSA) is 118 Å². The molecule has 1 aromatic carbocycles. The summed E-state index contributed by atoms with van der Waals surface area (Å²) in [4.78, 5) is 16.3. The number of hydrogen-bond acceptors (Lipinski definition) is 7. The summed E-state index contributed by atoms with van der Waals surface area (Å²) in [6.07, 6.45) is 3.43. The third-order valence-corrected chi connectivity index (χ3v) is 3.46. The molecule has 0 amide bonds. The van der Waals surface area contributed by atoms with Crippen LogP contribution in [0.1, 0.15) is 18.1 Å². The van der Waals surface area contributed by atoms with Crippen molar-refractivity contribution in [2.75, 3.05) is 0 Å². The first kappa shape index (κ1) is 16.7. The summed E-state index contributed by atoms with van der Waals surface area (Å²) in [5.41, 5.74) is 2.68. The highest BCUT2D eigenvalue weighted by molar-refractivity contribution is 5.80. The average molecular weight is 317 g/mol. The van der Waals surface area contributed by atoms with Gasteiger partial charge in [-0.15, -0.1) is 0 Å². The van der Waals surface area contributed by atoms with Gasteiger partial charge < -0.3 is 14.9 Å². The summed E-state index contributed by atoms with van der Waals surface area (Å²) >= 11 is 0. The molecule has 0 saturated heterocycles. The van der Waals surface area contributed by atoms with E-state index in [1.165, 1.54) is 12.1 Å². The predicted octanol–water partition coefficient (Wildman–Crippen LogP) is 1.00. The number of hydrogen-bond donors (Lipinski definition) is 4. The SMILES string of the molecule is C[C@@](Cc1ccc(O)c(O)c1)(NN)C(=O)OCc1cccnc1. The third kappa shape index (κ3) is 4.18. The van der Waals surface area contributed by atoms with Gasteiger partial charge in [-0.2, -0.15) is 0 Å². The number of esters is 1. The number of phenols is 2. The van der Waals surface area contributed by atoms with Crippen LogP contribution in [0.15, 0.2) is 42.7 Å². The lowest BCUT2D eigenvalue weighted by Gasteiger charge is -2.26. The second kappa shape index (κ2) is 7.08. The van der Waals surface area contributed by atoms with Gasteiger partial charge in [0, 0.05) is 24.4 Å². The lowest BCUT2D eigenvalue weighted by molar-refractivity contribution is -0.152. The molecule has 0 aliphatic carbocycles. The molecule has 7 nitrogen and oxygen atoms in total. The summed E-state index contributed by atoms with van der Waals surface area (Å²) in [7, 11) is 0. The number of carbonyl (C=O) groups is 1. The molecule has 1 aromatic heterocycles. The van der Waals surface area contributed by atoms with Crippen LogP contribution in [-0.4, -0.2) is 26.7 Å². The molecule has 0 aliphatic heterocycles. The Morgan fingerprint density at radius 2 is 2.09 bits per heavy atom. The van der Waals surface area contributed by atoms with Crippen molar-refractivity contribution in [2.24, 2.45) is 5.84 Å². The number of phenolic OH excluding ortho intramolecular Hbond substituents is 2. The van der Waals surface area contributed by atoms with E-state index in [1.807, 2.05) is 0 Å². The van der Waals surface area contributed by atoms with E-state index in [0.717, 1.165) is 5.56 Å². The molecule has 0 bridgehead atoms. The van der Waals surface area contributed by atoms with Gasteiger partial charge in [0.15, 0.2) is 11.5 Å². The van der Waals surface area contributed by atoms with E-state index in [-0.39, 0.29) is 24.5 Å². The van der Waals surface area contributed by atoms with Crippen molar-refractivity contribution in [3.8, 4) is 11.5 Å². The Hall–Kier alpha value is -2.64. The predicted molar refractivity (Wildman–Crippen MR) is 83.2 cm³/mol. The van der Waals surface area contributed by atoms with Crippen LogP contribution in [0, 0.1) is 0 Å². The maximum atomic E-state index is 12.3. The fraction of sp³-hybridized carbons (Fsp3) is 0.250. The van der Waals surface area contributed by atoms with Crippen molar-refractivity contribution in [3.63, 3.8) is 0 Å². The molecular formula is C16H19N3O4. The van der Waals surface area contributed by atoms with Gasteiger partial charge in [0.2, 0.25) is 0 Å². The molecule has 0 aliphatic rings. The van der Waals surface area contributed by atoms with Crippen molar-refractivity contribution in [1.29, 1.82) is 0 Å². The van der Waals surface area contributed by atoms with Crippen molar-refractivity contribution in [2.45, 2.75) is 25.5 Å². The molecule has 0 unspecified atom stereocenters. The van der Waals surface area contributed by atoms with Gasteiger partial charge in [0.25, 0.3) is 0 Å². The number of nitrogens with two attached hydrogens (primary N) is 1. The number of hydrazine groups is 1. The zero-order valence-corrected chi connectivity index (χ0v) is 12.7. The van der Waals surface area contributed by atoms with Crippen LogP contribution in [0.3, 0.4) is 0 Å². The summed E-state index contributed by atoms with van der Waals surface area (Å²) in [6, 6.07) is 7.87. The van der Waals surface area contributed by atoms with Crippen molar-refractivity contribution < 1.29 is 19.7 Å². The smallest absolute Gasteiger partial charge is 0.328 e. The van der Waals surface area contributed by atoms with Crippen LogP contribution in [0.4, 0.5) is 0 Å². The molecule has 2 rings (SSSR count). The van der Waals surface area contributed by atoms with E-state index in [9.17, 15) is 15.0 Å². The molecule has 2 aromatic rings. The molecule has 7 heteroatoms. The number of carbonyl (C=O) groups excluding carboxylic acids is 1. The second-order valence-electron chi connectivity index (χ2n) is 5.41. The number of rotatable bonds is 6. The molecule has 0 fully saturated rings. The van der Waals surface area contributed by atoms with Crippen LogP contribution in [0.2, 0.25) is 0 Å². The number of benzene rings is 1. The van der Waals surface area contributed by atoms with Crippen molar-refractivity contribution in [3.05, 3.63) is 53.9 Å². The Morgan fingerprint density at radius 1 is 1.30 bits per heavy atom. The first-order valence-corrected chi connectivity index (χ1v) is 6.99. The molecule has 23 heavy (non-hydrogen) atoms. The minimum absolute atomic E-state index is 0.0881. The summed E-state index contributed by atoms with van der Waals surface area (Å²) in [5.74, 6) is 4.50. The lowest BCUT2D eigenvalue weighted by Crippen LogP contribution is -2.55. The maximum absolute atomic E-state index is 12.3. The zero-order chi connectivity index (χ0) is 16.9. The highest BCUT2D eigenvalue weighted by Gasteiger charge is 2.34. The van der Waals surface area contributed by atoms with Gasteiger partial charge in [-0.3, -0.25) is 10.8 Å². The Bertz CT molecular complexity index is 678. The number of nitrogens with one attached hydrogen (secondary N) is 1. The summed E-state index contributed by atoms with van der Waals surface area (Å²) in [6.45, 7) is 1.69. The summed E-state index contributed by atoms with van der Waals surface area (Å²) < 4.78 is 5.28. The van der Waals surface area contributed by atoms with Crippen molar-refractivity contribution in [1.82, 2.24) is 10.4 Å². The first-order chi connectivity index (χ1) is 10.9. The Labute approximate surface area is 133 Å². The van der Waals surface area contributed by atoms with Gasteiger partial charge in [-0.25, -0.2) is 10.2 Å². The molecule has 0 spiro atoms. The highest BCUT2D eigenvalue weighted by Crippen LogP contribution is 2.27. The van der Waals surface area contributed by atoms with E-state index in [0.29, 0.717) is 5.56 Å². The maximum Gasteiger partial charge on any atom is 0.328 e. The fourth-order valence-corrected chi connectivity index (χ4v) is 2.06. The number of pyridine rings is 1. The highest BCUT2D eigenvalue weighted by atomic mass is 16.5. The standard InChI is InChI=1S/C16H19N3O4/c1-16(19-17,8-11-4-5-13(20)14(21)7-11)15(22)23-10-12-3-2-6-18-9-12/h2-7,9,19-21H,8,10,17H2,1H3/t16-/m0/s1. The van der Waals surface area contributed by atoms with Gasteiger partial charge in [0.1, 0.15) is 12.1 Å². The van der Waals surface area contributed by atoms with Gasteiger partial charge in [-0.1, -0.05) is 12.1 Å². The largest absolute Gasteiger partial charge is 0.504 e. The first-order valence-electron chi connectivity index (χ1n) is 6.99.